The highest BCUT2D eigenvalue weighted by Gasteiger charge is 2.35. The summed E-state index contributed by atoms with van der Waals surface area (Å²) in [6, 6.07) is 20.2. The van der Waals surface area contributed by atoms with Crippen LogP contribution in [-0.2, 0) is 9.53 Å². The number of piperazine rings is 1. The zero-order valence-corrected chi connectivity index (χ0v) is 30.4. The molecule has 2 fully saturated rings. The van der Waals surface area contributed by atoms with Gasteiger partial charge in [-0.2, -0.15) is 5.26 Å². The molecule has 4 aromatic rings. The topological polar surface area (TPSA) is 152 Å². The lowest BCUT2D eigenvalue weighted by Gasteiger charge is -2.43. The van der Waals surface area contributed by atoms with E-state index in [0.29, 0.717) is 73.8 Å². The predicted octanol–water partition coefficient (Wildman–Crippen LogP) is 5.51. The number of amides is 2. The number of para-hydroxylation sites is 1. The molecule has 2 aromatic heterocycles. The van der Waals surface area contributed by atoms with Gasteiger partial charge in [0.25, 0.3) is 5.91 Å². The Morgan fingerprint density at radius 1 is 0.923 bits per heavy atom. The van der Waals surface area contributed by atoms with E-state index in [1.54, 1.807) is 61.5 Å². The first kappa shape index (κ1) is 36.2. The van der Waals surface area contributed by atoms with Gasteiger partial charge in [-0.15, -0.1) is 0 Å². The molecule has 2 N–H and O–H groups in total. The van der Waals surface area contributed by atoms with Gasteiger partial charge in [0.1, 0.15) is 40.1 Å². The monoisotopic (exact) mass is 706 g/mol. The minimum Gasteiger partial charge on any atom is -0.457 e. The van der Waals surface area contributed by atoms with E-state index in [1.165, 1.54) is 0 Å². The zero-order chi connectivity index (χ0) is 37.2. The van der Waals surface area contributed by atoms with E-state index in [-0.39, 0.29) is 41.7 Å². The van der Waals surface area contributed by atoms with Crippen LogP contribution in [-0.4, -0.2) is 91.2 Å². The van der Waals surface area contributed by atoms with Crippen LogP contribution in [0.3, 0.4) is 0 Å². The van der Waals surface area contributed by atoms with Crippen LogP contribution in [0.15, 0.2) is 83.3 Å². The molecular formula is C39H46N8O5. The van der Waals surface area contributed by atoms with Gasteiger partial charge in [0, 0.05) is 51.0 Å². The van der Waals surface area contributed by atoms with Gasteiger partial charge in [-0.25, -0.2) is 14.6 Å². The number of nitrogens with two attached hydrogens (primary N) is 1. The van der Waals surface area contributed by atoms with Crippen molar-refractivity contribution in [2.75, 3.05) is 45.0 Å². The van der Waals surface area contributed by atoms with Crippen molar-refractivity contribution in [3.63, 3.8) is 0 Å². The molecule has 6 rings (SSSR count). The molecule has 52 heavy (non-hydrogen) atoms. The van der Waals surface area contributed by atoms with E-state index >= 15 is 0 Å². The normalized spacial score (nSPS) is 17.5. The number of nitrogens with zero attached hydrogens (tertiary/aromatic N) is 7. The number of pyridine rings is 1. The van der Waals surface area contributed by atoms with E-state index in [1.807, 2.05) is 65.0 Å². The standard InChI is InChI=1S/C39H46N8O5/c1-38(2,3)52-37(50)43-20-22-45(23-21-43)39(4,5)24-27(25-40)35(48)44-19-9-10-29(26-44)46-32-17-18-42-34(41)33(32)47(36(46)49)28-13-15-31(16-14-28)51-30-11-7-6-8-12-30/h6-8,11-18,24,29H,9-10,19-23,26H2,1-5H3,(H2,41,42)/t29-/m1/s1. The average Bonchev–Trinajstić information content (AvgIpc) is 3.43. The molecule has 13 heteroatoms. The number of anilines is 1. The number of likely N-dealkylation sites (tertiary alicyclic amines) is 1. The number of ether oxygens (including phenoxy) is 2. The minimum atomic E-state index is -0.632. The number of hydrogen-bond acceptors (Lipinski definition) is 9. The van der Waals surface area contributed by atoms with Crippen LogP contribution in [0.25, 0.3) is 16.7 Å². The van der Waals surface area contributed by atoms with Gasteiger partial charge in [-0.05, 0) is 96.0 Å². The molecule has 13 nitrogen and oxygen atoms in total. The van der Waals surface area contributed by atoms with Crippen LogP contribution in [0.5, 0.6) is 11.5 Å². The van der Waals surface area contributed by atoms with Crippen molar-refractivity contribution >= 4 is 28.9 Å². The molecule has 0 bridgehead atoms. The van der Waals surface area contributed by atoms with Gasteiger partial charge in [0.05, 0.1) is 17.2 Å². The van der Waals surface area contributed by atoms with E-state index in [9.17, 15) is 19.6 Å². The lowest BCUT2D eigenvalue weighted by Crippen LogP contribution is -2.56. The Kier molecular flexibility index (Phi) is 10.1. The fourth-order valence-corrected chi connectivity index (χ4v) is 6.97. The molecule has 2 aliphatic rings. The molecule has 0 spiro atoms. The number of fused-ring (bicyclic) bond motifs is 1. The molecular weight excluding hydrogens is 660 g/mol. The summed E-state index contributed by atoms with van der Waals surface area (Å²) in [4.78, 5) is 50.6. The summed E-state index contributed by atoms with van der Waals surface area (Å²) in [7, 11) is 0. The Hall–Kier alpha value is -5.61. The number of benzene rings is 2. The summed E-state index contributed by atoms with van der Waals surface area (Å²) in [5.41, 5.74) is 6.63. The average molecular weight is 707 g/mol. The molecule has 0 saturated carbocycles. The Morgan fingerprint density at radius 3 is 2.25 bits per heavy atom. The van der Waals surface area contributed by atoms with Crippen molar-refractivity contribution in [1.29, 1.82) is 5.26 Å². The van der Waals surface area contributed by atoms with Crippen molar-refractivity contribution < 1.29 is 19.1 Å². The van der Waals surface area contributed by atoms with Gasteiger partial charge in [0.2, 0.25) is 0 Å². The van der Waals surface area contributed by atoms with Crippen LogP contribution < -0.4 is 16.2 Å². The van der Waals surface area contributed by atoms with Gasteiger partial charge >= 0.3 is 11.8 Å². The summed E-state index contributed by atoms with van der Waals surface area (Å²) >= 11 is 0. The van der Waals surface area contributed by atoms with E-state index < -0.39 is 11.1 Å². The molecule has 2 aliphatic heterocycles. The second kappa shape index (κ2) is 14.6. The van der Waals surface area contributed by atoms with E-state index in [2.05, 4.69) is 16.0 Å². The highest BCUT2D eigenvalue weighted by atomic mass is 16.6. The second-order valence-corrected chi connectivity index (χ2v) is 14.8. The predicted molar refractivity (Wildman–Crippen MR) is 198 cm³/mol. The Balaban J connectivity index is 1.21. The lowest BCUT2D eigenvalue weighted by molar-refractivity contribution is -0.128. The van der Waals surface area contributed by atoms with Gasteiger partial charge in [-0.3, -0.25) is 18.8 Å². The van der Waals surface area contributed by atoms with Crippen LogP contribution in [0.4, 0.5) is 10.6 Å². The lowest BCUT2D eigenvalue weighted by atomic mass is 9.96. The van der Waals surface area contributed by atoms with E-state index in [0.717, 1.165) is 0 Å². The molecule has 272 valence electrons. The number of nitriles is 1. The maximum atomic E-state index is 14.3. The molecule has 0 aliphatic carbocycles. The molecule has 4 heterocycles. The SMILES string of the molecule is CC(C)(C)OC(=O)N1CCN(C(C)(C)C=C(C#N)C(=O)N2CCC[C@@H](n3c(=O)n(-c4ccc(Oc5ccccc5)cc4)c4c(N)nccc43)C2)CC1. The Bertz CT molecular complexity index is 2060. The Labute approximate surface area is 303 Å². The van der Waals surface area contributed by atoms with Crippen LogP contribution >= 0.6 is 0 Å². The first-order chi connectivity index (χ1) is 24.8. The maximum Gasteiger partial charge on any atom is 0.410 e. The molecule has 1 atom stereocenters. The number of carbonyl (C=O) groups is 2. The number of nitrogen functional groups attached to an aromatic ring is 1. The van der Waals surface area contributed by atoms with Crippen molar-refractivity contribution in [2.45, 2.75) is 64.6 Å². The van der Waals surface area contributed by atoms with E-state index in [4.69, 9.17) is 15.2 Å². The van der Waals surface area contributed by atoms with Gasteiger partial charge < -0.3 is 25.0 Å². The summed E-state index contributed by atoms with van der Waals surface area (Å²) in [6.07, 6.45) is 4.26. The highest BCUT2D eigenvalue weighted by molar-refractivity contribution is 5.97. The molecule has 0 unspecified atom stereocenters. The summed E-state index contributed by atoms with van der Waals surface area (Å²) < 4.78 is 14.7. The van der Waals surface area contributed by atoms with Crippen LogP contribution in [0, 0.1) is 11.3 Å². The molecule has 2 aromatic carbocycles. The summed E-state index contributed by atoms with van der Waals surface area (Å²) in [6.45, 7) is 12.2. The fourth-order valence-electron chi connectivity index (χ4n) is 6.97. The first-order valence-corrected chi connectivity index (χ1v) is 17.6. The fraction of sp³-hybridized carbons (Fsp3) is 0.410. The number of carbonyl (C=O) groups excluding carboxylic acids is 2. The number of imidazole rings is 1. The third-order valence-electron chi connectivity index (χ3n) is 9.53. The quantitative estimate of drug-likeness (QED) is 0.194. The minimum absolute atomic E-state index is 0.0428. The van der Waals surface area contributed by atoms with Crippen molar-refractivity contribution in [3.8, 4) is 23.3 Å². The number of aromatic nitrogens is 3. The Morgan fingerprint density at radius 2 is 1.60 bits per heavy atom. The van der Waals surface area contributed by atoms with Gasteiger partial charge in [0.15, 0.2) is 0 Å². The second-order valence-electron chi connectivity index (χ2n) is 14.8. The molecule has 0 radical (unpaired) electrons. The summed E-state index contributed by atoms with van der Waals surface area (Å²) in [5, 5.41) is 10.2. The van der Waals surface area contributed by atoms with Crippen LogP contribution in [0.2, 0.25) is 0 Å². The summed E-state index contributed by atoms with van der Waals surface area (Å²) in [5.74, 6) is 1.15. The van der Waals surface area contributed by atoms with Crippen LogP contribution in [0.1, 0.15) is 53.5 Å². The van der Waals surface area contributed by atoms with Crippen molar-refractivity contribution in [2.24, 2.45) is 0 Å². The highest BCUT2D eigenvalue weighted by Crippen LogP contribution is 2.31. The van der Waals surface area contributed by atoms with Gasteiger partial charge in [-0.1, -0.05) is 18.2 Å². The molecule has 2 amide bonds. The third kappa shape index (κ3) is 7.67. The van der Waals surface area contributed by atoms with Crippen molar-refractivity contribution in [3.05, 3.63) is 89.0 Å². The smallest absolute Gasteiger partial charge is 0.410 e. The van der Waals surface area contributed by atoms with Crippen molar-refractivity contribution in [1.82, 2.24) is 28.8 Å². The third-order valence-corrected chi connectivity index (χ3v) is 9.53. The number of piperidine rings is 1. The number of rotatable bonds is 7. The molecule has 2 saturated heterocycles. The zero-order valence-electron chi connectivity index (χ0n) is 30.4. The largest absolute Gasteiger partial charge is 0.457 e. The first-order valence-electron chi connectivity index (χ1n) is 17.6. The number of hydrogen-bond donors (Lipinski definition) is 1. The maximum absolute atomic E-state index is 14.3.